The zero-order valence-electron chi connectivity index (χ0n) is 11.6. The number of nitrogens with zero attached hydrogens (tertiary/aromatic N) is 1. The molecule has 0 bridgehead atoms. The number of thiocarbonyl (C=S) groups is 1. The summed E-state index contributed by atoms with van der Waals surface area (Å²) in [7, 11) is 0. The molecule has 19 heavy (non-hydrogen) atoms. The molecule has 0 radical (unpaired) electrons. The van der Waals surface area contributed by atoms with Crippen LogP contribution in [0.15, 0.2) is 29.4 Å². The van der Waals surface area contributed by atoms with Gasteiger partial charge in [-0.1, -0.05) is 24.6 Å². The first-order valence-electron chi connectivity index (χ1n) is 6.82. The SMILES string of the molecule is Cc1ccc(NC(=S)N/N=C2/CCCC(C)C2)cc1. The Bertz CT molecular complexity index is 465. The van der Waals surface area contributed by atoms with Crippen LogP contribution >= 0.6 is 12.2 Å². The van der Waals surface area contributed by atoms with Crippen LogP contribution in [-0.4, -0.2) is 10.8 Å². The molecule has 1 unspecified atom stereocenters. The molecule has 1 aliphatic rings. The number of rotatable bonds is 2. The zero-order valence-corrected chi connectivity index (χ0v) is 12.4. The minimum atomic E-state index is 0.551. The van der Waals surface area contributed by atoms with Crippen molar-refractivity contribution in [2.45, 2.75) is 39.5 Å². The topological polar surface area (TPSA) is 36.4 Å². The number of hydrogen-bond acceptors (Lipinski definition) is 2. The van der Waals surface area contributed by atoms with Gasteiger partial charge in [-0.2, -0.15) is 5.10 Å². The lowest BCUT2D eigenvalue weighted by Crippen LogP contribution is -2.26. The van der Waals surface area contributed by atoms with Gasteiger partial charge >= 0.3 is 0 Å². The lowest BCUT2D eigenvalue weighted by atomic mass is 9.89. The third-order valence-corrected chi connectivity index (χ3v) is 3.56. The number of aryl methyl sites for hydroxylation is 1. The Morgan fingerprint density at radius 1 is 1.32 bits per heavy atom. The first-order chi connectivity index (χ1) is 9.13. The maximum absolute atomic E-state index is 5.24. The van der Waals surface area contributed by atoms with Gasteiger partial charge in [0.1, 0.15) is 0 Å². The Morgan fingerprint density at radius 3 is 2.74 bits per heavy atom. The zero-order chi connectivity index (χ0) is 13.7. The van der Waals surface area contributed by atoms with Gasteiger partial charge in [0.2, 0.25) is 0 Å². The third kappa shape index (κ3) is 4.63. The number of anilines is 1. The highest BCUT2D eigenvalue weighted by Crippen LogP contribution is 2.20. The van der Waals surface area contributed by atoms with Crippen LogP contribution in [0.3, 0.4) is 0 Å². The fraction of sp³-hybridized carbons (Fsp3) is 0.467. The molecule has 0 saturated heterocycles. The molecule has 1 saturated carbocycles. The number of hydrogen-bond donors (Lipinski definition) is 2. The molecule has 1 aromatic rings. The summed E-state index contributed by atoms with van der Waals surface area (Å²) < 4.78 is 0. The first-order valence-corrected chi connectivity index (χ1v) is 7.23. The van der Waals surface area contributed by atoms with Crippen molar-refractivity contribution in [1.82, 2.24) is 5.43 Å². The minimum Gasteiger partial charge on any atom is -0.331 e. The second-order valence-corrected chi connectivity index (χ2v) is 5.72. The van der Waals surface area contributed by atoms with Crippen LogP contribution in [0.5, 0.6) is 0 Å². The first kappa shape index (κ1) is 14.0. The van der Waals surface area contributed by atoms with Crippen molar-refractivity contribution in [2.24, 2.45) is 11.0 Å². The van der Waals surface area contributed by atoms with E-state index in [9.17, 15) is 0 Å². The lowest BCUT2D eigenvalue weighted by Gasteiger charge is -2.19. The van der Waals surface area contributed by atoms with E-state index in [0.29, 0.717) is 5.11 Å². The monoisotopic (exact) mass is 275 g/mol. The van der Waals surface area contributed by atoms with Crippen molar-refractivity contribution in [2.75, 3.05) is 5.32 Å². The van der Waals surface area contributed by atoms with Crippen LogP contribution < -0.4 is 10.7 Å². The molecule has 102 valence electrons. The van der Waals surface area contributed by atoms with Crippen molar-refractivity contribution < 1.29 is 0 Å². The molecule has 0 aromatic heterocycles. The average molecular weight is 275 g/mol. The lowest BCUT2D eigenvalue weighted by molar-refractivity contribution is 0.498. The second kappa shape index (κ2) is 6.66. The number of hydrazone groups is 1. The molecule has 1 atom stereocenters. The van der Waals surface area contributed by atoms with Crippen LogP contribution in [0.25, 0.3) is 0 Å². The summed E-state index contributed by atoms with van der Waals surface area (Å²) in [6.45, 7) is 4.34. The van der Waals surface area contributed by atoms with Crippen molar-refractivity contribution in [1.29, 1.82) is 0 Å². The van der Waals surface area contributed by atoms with Gasteiger partial charge in [0, 0.05) is 11.4 Å². The van der Waals surface area contributed by atoms with Gasteiger partial charge in [-0.3, -0.25) is 5.43 Å². The van der Waals surface area contributed by atoms with Crippen LogP contribution in [0.4, 0.5) is 5.69 Å². The van der Waals surface area contributed by atoms with Crippen molar-refractivity contribution in [3.63, 3.8) is 0 Å². The Kier molecular flexibility index (Phi) is 4.91. The molecule has 4 heteroatoms. The molecule has 0 spiro atoms. The molecular formula is C15H21N3S. The fourth-order valence-corrected chi connectivity index (χ4v) is 2.45. The van der Waals surface area contributed by atoms with E-state index < -0.39 is 0 Å². The third-order valence-electron chi connectivity index (χ3n) is 3.37. The summed E-state index contributed by atoms with van der Waals surface area (Å²) in [6, 6.07) is 8.14. The highest BCUT2D eigenvalue weighted by molar-refractivity contribution is 7.80. The Hall–Kier alpha value is -1.42. The molecule has 1 aliphatic carbocycles. The molecule has 2 rings (SSSR count). The summed E-state index contributed by atoms with van der Waals surface area (Å²) in [6.07, 6.45) is 4.72. The van der Waals surface area contributed by atoms with E-state index in [1.807, 2.05) is 12.1 Å². The van der Waals surface area contributed by atoms with Crippen molar-refractivity contribution in [3.8, 4) is 0 Å². The quantitative estimate of drug-likeness (QED) is 0.636. The number of nitrogens with one attached hydrogen (secondary N) is 2. The Morgan fingerprint density at radius 2 is 2.05 bits per heavy atom. The van der Waals surface area contributed by atoms with Crippen LogP contribution in [-0.2, 0) is 0 Å². The molecule has 0 aliphatic heterocycles. The van der Waals surface area contributed by atoms with Crippen molar-refractivity contribution in [3.05, 3.63) is 29.8 Å². The van der Waals surface area contributed by atoms with E-state index in [1.54, 1.807) is 0 Å². The van der Waals surface area contributed by atoms with Crippen LogP contribution in [0, 0.1) is 12.8 Å². The molecule has 3 nitrogen and oxygen atoms in total. The maximum Gasteiger partial charge on any atom is 0.191 e. The van der Waals surface area contributed by atoms with E-state index in [-0.39, 0.29) is 0 Å². The van der Waals surface area contributed by atoms with Gasteiger partial charge in [-0.05, 0) is 62.9 Å². The average Bonchev–Trinajstić information content (AvgIpc) is 2.39. The fourth-order valence-electron chi connectivity index (χ4n) is 2.29. The van der Waals surface area contributed by atoms with Crippen LogP contribution in [0.1, 0.15) is 38.2 Å². The molecule has 0 heterocycles. The summed E-state index contributed by atoms with van der Waals surface area (Å²) >= 11 is 5.24. The molecule has 1 fully saturated rings. The molecule has 1 aromatic carbocycles. The molecule has 2 N–H and O–H groups in total. The van der Waals surface area contributed by atoms with Crippen molar-refractivity contribution >= 4 is 28.7 Å². The van der Waals surface area contributed by atoms with Gasteiger partial charge in [-0.25, -0.2) is 0 Å². The highest BCUT2D eigenvalue weighted by atomic mass is 32.1. The van der Waals surface area contributed by atoms with E-state index in [0.717, 1.165) is 24.4 Å². The Balaban J connectivity index is 1.84. The van der Waals surface area contributed by atoms with Gasteiger partial charge in [-0.15, -0.1) is 0 Å². The normalized spacial score (nSPS) is 21.2. The highest BCUT2D eigenvalue weighted by Gasteiger charge is 2.13. The Labute approximate surface area is 120 Å². The van der Waals surface area contributed by atoms with E-state index in [2.05, 4.69) is 41.8 Å². The summed E-state index contributed by atoms with van der Waals surface area (Å²) in [4.78, 5) is 0. The van der Waals surface area contributed by atoms with E-state index in [1.165, 1.54) is 24.1 Å². The molecular weight excluding hydrogens is 254 g/mol. The predicted molar refractivity (Wildman–Crippen MR) is 85.6 cm³/mol. The number of benzene rings is 1. The maximum atomic E-state index is 5.24. The smallest absolute Gasteiger partial charge is 0.191 e. The van der Waals surface area contributed by atoms with Gasteiger partial charge in [0.15, 0.2) is 5.11 Å². The minimum absolute atomic E-state index is 0.551. The molecule has 0 amide bonds. The van der Waals surface area contributed by atoms with Gasteiger partial charge in [0.25, 0.3) is 0 Å². The largest absolute Gasteiger partial charge is 0.331 e. The van der Waals surface area contributed by atoms with E-state index >= 15 is 0 Å². The summed E-state index contributed by atoms with van der Waals surface area (Å²) in [5, 5.41) is 8.09. The summed E-state index contributed by atoms with van der Waals surface area (Å²) in [5.41, 5.74) is 6.40. The predicted octanol–water partition coefficient (Wildman–Crippen LogP) is 3.85. The standard InChI is InChI=1S/C15H21N3S/c1-11-6-8-13(9-7-11)16-15(19)18-17-14-5-3-4-12(2)10-14/h6-9,12H,3-5,10H2,1-2H3,(H2,16,18,19)/b17-14-. The second-order valence-electron chi connectivity index (χ2n) is 5.31. The summed E-state index contributed by atoms with van der Waals surface area (Å²) in [5.74, 6) is 0.743. The van der Waals surface area contributed by atoms with Crippen LogP contribution in [0.2, 0.25) is 0 Å². The van der Waals surface area contributed by atoms with E-state index in [4.69, 9.17) is 12.2 Å². The van der Waals surface area contributed by atoms with Gasteiger partial charge < -0.3 is 5.32 Å². The van der Waals surface area contributed by atoms with Gasteiger partial charge in [0.05, 0.1) is 0 Å².